The van der Waals surface area contributed by atoms with Crippen LogP contribution in [0.4, 0.5) is 5.95 Å². The number of aryl methyl sites for hydroxylation is 1. The Morgan fingerprint density at radius 1 is 1.08 bits per heavy atom. The van der Waals surface area contributed by atoms with E-state index in [4.69, 9.17) is 4.74 Å². The highest BCUT2D eigenvalue weighted by Gasteiger charge is 2.34. The van der Waals surface area contributed by atoms with Crippen LogP contribution in [0.5, 0.6) is 0 Å². The van der Waals surface area contributed by atoms with Crippen molar-refractivity contribution < 1.29 is 4.74 Å². The lowest BCUT2D eigenvalue weighted by atomic mass is 9.99. The number of nitrogens with zero attached hydrogens (tertiary/aromatic N) is 6. The second-order valence-electron chi connectivity index (χ2n) is 6.57. The van der Waals surface area contributed by atoms with Gasteiger partial charge in [-0.25, -0.2) is 15.0 Å². The number of rotatable bonds is 4. The molecule has 0 N–H and O–H groups in total. The molecule has 2 fully saturated rings. The molecule has 2 atom stereocenters. The molecule has 7 nitrogen and oxygen atoms in total. The number of imidazole rings is 1. The Bertz CT molecular complexity index is 652. The topological polar surface area (TPSA) is 59.3 Å². The van der Waals surface area contributed by atoms with Gasteiger partial charge < -0.3 is 14.2 Å². The van der Waals surface area contributed by atoms with E-state index in [9.17, 15) is 0 Å². The van der Waals surface area contributed by atoms with Gasteiger partial charge in [-0.2, -0.15) is 0 Å². The van der Waals surface area contributed by atoms with Gasteiger partial charge in [0.25, 0.3) is 0 Å². The van der Waals surface area contributed by atoms with Gasteiger partial charge in [0.1, 0.15) is 11.9 Å². The zero-order valence-electron chi connectivity index (χ0n) is 14.1. The molecule has 2 aromatic heterocycles. The summed E-state index contributed by atoms with van der Waals surface area (Å²) in [4.78, 5) is 18.0. The van der Waals surface area contributed by atoms with Gasteiger partial charge in [0, 0.05) is 77.1 Å². The second-order valence-corrected chi connectivity index (χ2v) is 6.57. The highest BCUT2D eigenvalue weighted by Crippen LogP contribution is 2.34. The molecule has 24 heavy (non-hydrogen) atoms. The van der Waals surface area contributed by atoms with Crippen molar-refractivity contribution in [1.29, 1.82) is 0 Å². The lowest BCUT2D eigenvalue weighted by molar-refractivity contribution is 0.0685. The van der Waals surface area contributed by atoms with Crippen LogP contribution >= 0.6 is 0 Å². The molecule has 2 aliphatic heterocycles. The third-order valence-electron chi connectivity index (χ3n) is 5.03. The molecule has 128 valence electrons. The molecule has 0 saturated carbocycles. The summed E-state index contributed by atoms with van der Waals surface area (Å²) in [6, 6.07) is 1.86. The Morgan fingerprint density at radius 2 is 1.88 bits per heavy atom. The normalized spacial score (nSPS) is 25.3. The third-order valence-corrected chi connectivity index (χ3v) is 5.03. The maximum atomic E-state index is 5.98. The van der Waals surface area contributed by atoms with Crippen LogP contribution in [-0.4, -0.2) is 63.7 Å². The fourth-order valence-corrected chi connectivity index (χ4v) is 3.67. The van der Waals surface area contributed by atoms with Gasteiger partial charge >= 0.3 is 0 Å². The van der Waals surface area contributed by atoms with Crippen molar-refractivity contribution >= 4 is 5.95 Å². The third kappa shape index (κ3) is 3.14. The first-order chi connectivity index (χ1) is 11.8. The van der Waals surface area contributed by atoms with Crippen LogP contribution in [0.15, 0.2) is 30.9 Å². The van der Waals surface area contributed by atoms with Gasteiger partial charge in [-0.1, -0.05) is 0 Å². The fourth-order valence-electron chi connectivity index (χ4n) is 3.67. The van der Waals surface area contributed by atoms with Crippen molar-refractivity contribution in [2.24, 2.45) is 13.0 Å². The molecule has 4 rings (SSSR count). The SMILES string of the molecule is Cn1ccnc1[C@@H]1OCC[C@H]1CN1CCN(c2ncccn2)CC1. The van der Waals surface area contributed by atoms with Gasteiger partial charge in [0.15, 0.2) is 0 Å². The van der Waals surface area contributed by atoms with Crippen molar-refractivity contribution in [2.45, 2.75) is 12.5 Å². The summed E-state index contributed by atoms with van der Waals surface area (Å²) in [6.07, 6.45) is 8.70. The molecular weight excluding hydrogens is 304 g/mol. The van der Waals surface area contributed by atoms with E-state index < -0.39 is 0 Å². The minimum atomic E-state index is 0.125. The largest absolute Gasteiger partial charge is 0.370 e. The molecule has 2 aromatic rings. The number of ether oxygens (including phenoxy) is 1. The molecule has 0 radical (unpaired) electrons. The van der Waals surface area contributed by atoms with Crippen LogP contribution in [0.2, 0.25) is 0 Å². The average Bonchev–Trinajstić information content (AvgIpc) is 3.25. The van der Waals surface area contributed by atoms with E-state index in [2.05, 4.69) is 29.3 Å². The predicted octanol–water partition coefficient (Wildman–Crippen LogP) is 1.11. The van der Waals surface area contributed by atoms with Crippen LogP contribution in [0, 0.1) is 5.92 Å². The first-order valence-electron chi connectivity index (χ1n) is 8.64. The zero-order valence-corrected chi connectivity index (χ0v) is 14.1. The highest BCUT2D eigenvalue weighted by atomic mass is 16.5. The molecule has 0 bridgehead atoms. The van der Waals surface area contributed by atoms with Crippen LogP contribution in [-0.2, 0) is 11.8 Å². The maximum absolute atomic E-state index is 5.98. The van der Waals surface area contributed by atoms with E-state index in [1.54, 1.807) is 0 Å². The van der Waals surface area contributed by atoms with E-state index in [1.165, 1.54) is 0 Å². The monoisotopic (exact) mass is 328 g/mol. The molecule has 2 aliphatic rings. The molecule has 7 heteroatoms. The van der Waals surface area contributed by atoms with E-state index in [-0.39, 0.29) is 6.10 Å². The molecule has 2 saturated heterocycles. The van der Waals surface area contributed by atoms with Crippen LogP contribution in [0.3, 0.4) is 0 Å². The number of hydrogen-bond donors (Lipinski definition) is 0. The average molecular weight is 328 g/mol. The minimum absolute atomic E-state index is 0.125. The Hall–Kier alpha value is -1.99. The Morgan fingerprint density at radius 3 is 2.58 bits per heavy atom. The Balaban J connectivity index is 1.34. The second kappa shape index (κ2) is 6.86. The summed E-state index contributed by atoms with van der Waals surface area (Å²) in [5.74, 6) is 2.41. The molecule has 0 unspecified atom stereocenters. The first-order valence-corrected chi connectivity index (χ1v) is 8.64. The van der Waals surface area contributed by atoms with Crippen LogP contribution in [0.1, 0.15) is 18.3 Å². The standard InChI is InChI=1S/C17H24N6O/c1-21-7-6-18-16(21)15-14(3-12-24-15)13-22-8-10-23(11-9-22)17-19-4-2-5-20-17/h2,4-7,14-15H,3,8-13H2,1H3/t14-,15+/m0/s1. The lowest BCUT2D eigenvalue weighted by Crippen LogP contribution is -2.48. The lowest BCUT2D eigenvalue weighted by Gasteiger charge is -2.36. The maximum Gasteiger partial charge on any atom is 0.225 e. The molecule has 0 aliphatic carbocycles. The van der Waals surface area contributed by atoms with Crippen LogP contribution < -0.4 is 4.90 Å². The van der Waals surface area contributed by atoms with Crippen molar-refractivity contribution in [3.8, 4) is 0 Å². The quantitative estimate of drug-likeness (QED) is 0.838. The first kappa shape index (κ1) is 15.5. The van der Waals surface area contributed by atoms with Crippen molar-refractivity contribution in [3.05, 3.63) is 36.7 Å². The van der Waals surface area contributed by atoms with Crippen LogP contribution in [0.25, 0.3) is 0 Å². The van der Waals surface area contributed by atoms with E-state index in [0.29, 0.717) is 5.92 Å². The summed E-state index contributed by atoms with van der Waals surface area (Å²) >= 11 is 0. The van der Waals surface area contributed by atoms with Gasteiger partial charge in [0.2, 0.25) is 5.95 Å². The van der Waals surface area contributed by atoms with Gasteiger partial charge in [0.05, 0.1) is 0 Å². The number of aromatic nitrogens is 4. The molecule has 4 heterocycles. The predicted molar refractivity (Wildman–Crippen MR) is 90.7 cm³/mol. The molecule has 0 spiro atoms. The van der Waals surface area contributed by atoms with Gasteiger partial charge in [-0.3, -0.25) is 4.90 Å². The highest BCUT2D eigenvalue weighted by molar-refractivity contribution is 5.29. The number of piperazine rings is 1. The summed E-state index contributed by atoms with van der Waals surface area (Å²) in [7, 11) is 2.04. The van der Waals surface area contributed by atoms with E-state index in [1.807, 2.05) is 37.9 Å². The molecule has 0 aromatic carbocycles. The fraction of sp³-hybridized carbons (Fsp3) is 0.588. The smallest absolute Gasteiger partial charge is 0.225 e. The number of hydrogen-bond acceptors (Lipinski definition) is 6. The van der Waals surface area contributed by atoms with E-state index in [0.717, 1.165) is 57.5 Å². The van der Waals surface area contributed by atoms with E-state index >= 15 is 0 Å². The summed E-state index contributed by atoms with van der Waals surface area (Å²) in [5.41, 5.74) is 0. The Labute approximate surface area is 142 Å². The van der Waals surface area contributed by atoms with Crippen molar-refractivity contribution in [2.75, 3.05) is 44.2 Å². The van der Waals surface area contributed by atoms with Crippen molar-refractivity contribution in [1.82, 2.24) is 24.4 Å². The van der Waals surface area contributed by atoms with Gasteiger partial charge in [-0.05, 0) is 12.5 Å². The molecular formula is C17H24N6O. The molecule has 0 amide bonds. The van der Waals surface area contributed by atoms with Gasteiger partial charge in [-0.15, -0.1) is 0 Å². The number of anilines is 1. The van der Waals surface area contributed by atoms with Crippen molar-refractivity contribution in [3.63, 3.8) is 0 Å². The summed E-state index contributed by atoms with van der Waals surface area (Å²) in [5, 5.41) is 0. The summed E-state index contributed by atoms with van der Waals surface area (Å²) in [6.45, 7) is 5.94. The summed E-state index contributed by atoms with van der Waals surface area (Å²) < 4.78 is 8.06. The Kier molecular flexibility index (Phi) is 4.44. The zero-order chi connectivity index (χ0) is 16.4. The minimum Gasteiger partial charge on any atom is -0.370 e.